The summed E-state index contributed by atoms with van der Waals surface area (Å²) in [5.41, 5.74) is 10.7. The number of pyridine rings is 2. The van der Waals surface area contributed by atoms with Gasteiger partial charge in [0.25, 0.3) is 5.91 Å². The number of carbonyl (C=O) groups is 3. The second-order valence-electron chi connectivity index (χ2n) is 22.4. The van der Waals surface area contributed by atoms with Gasteiger partial charge in [-0.3, -0.25) is 34.2 Å². The van der Waals surface area contributed by atoms with Crippen LogP contribution in [0.2, 0.25) is 0 Å². The Hall–Kier alpha value is -10.2. The molecular formula is C61H55N19O6. The van der Waals surface area contributed by atoms with E-state index in [9.17, 15) is 14.4 Å². The molecule has 0 radical (unpaired) electrons. The monoisotopic (exact) mass is 1150 g/mol. The van der Waals surface area contributed by atoms with Gasteiger partial charge in [-0.25, -0.2) is 15.0 Å². The Balaban J connectivity index is 0.597. The minimum atomic E-state index is -0.258. The average molecular weight is 1150 g/mol. The van der Waals surface area contributed by atoms with E-state index in [1.165, 1.54) is 18.6 Å². The number of aryl methyl sites for hydroxylation is 1. The van der Waals surface area contributed by atoms with Gasteiger partial charge in [0.05, 0.1) is 37.6 Å². The van der Waals surface area contributed by atoms with Crippen LogP contribution in [0.1, 0.15) is 77.8 Å². The van der Waals surface area contributed by atoms with Gasteiger partial charge in [-0.1, -0.05) is 54.6 Å². The standard InChI is InChI=1S/C61H55N19O6/c1-35(81)64-42-13-15-48-44(29-42)66-57(84-48)40-17-21-62-46(27-40)54-60(86-54)76-23-19-61(20-24-76)33-78(34-61)53(56-70-73-75(3)71-56)39-11-9-37(10-12-39)31-80-72-55(69-74-80)51-52(38-7-5-4-6-8-38)79-26-25-77(32-50(79)68-51)59(83)47-28-41(18-22-63-47)58-67-45-30-43(65-36(2)82)14-16-49(45)85-58/h4-18,21-22,27-30,53-54,60H,19-20,23-26,31-34H2,1-3H3,(H,64,81)(H,65,82). The number of likely N-dealkylation sites (tertiary alicyclic amines) is 2. The second kappa shape index (κ2) is 21.1. The normalized spacial score (nSPS) is 17.8. The average Bonchev–Trinajstić information content (AvgIpc) is 2.48. The van der Waals surface area contributed by atoms with Crippen LogP contribution in [0.4, 0.5) is 11.4 Å². The van der Waals surface area contributed by atoms with E-state index in [0.717, 1.165) is 72.7 Å². The zero-order valence-corrected chi connectivity index (χ0v) is 47.0. The van der Waals surface area contributed by atoms with E-state index < -0.39 is 0 Å². The highest BCUT2D eigenvalue weighted by Crippen LogP contribution is 2.49. The molecule has 11 aromatic rings. The molecule has 4 aliphatic rings. The van der Waals surface area contributed by atoms with Crippen molar-refractivity contribution >= 4 is 51.3 Å². The van der Waals surface area contributed by atoms with Crippen LogP contribution in [0.15, 0.2) is 136 Å². The molecule has 3 atom stereocenters. The van der Waals surface area contributed by atoms with Crippen molar-refractivity contribution in [1.82, 2.24) is 84.6 Å². The highest BCUT2D eigenvalue weighted by Gasteiger charge is 2.53. The molecule has 3 unspecified atom stereocenters. The zero-order chi connectivity index (χ0) is 58.2. The topological polar surface area (TPSA) is 280 Å². The van der Waals surface area contributed by atoms with Crippen LogP contribution in [0.5, 0.6) is 0 Å². The first-order valence-electron chi connectivity index (χ1n) is 28.4. The first-order chi connectivity index (χ1) is 41.9. The van der Waals surface area contributed by atoms with Crippen molar-refractivity contribution in [3.05, 3.63) is 162 Å². The Morgan fingerprint density at radius 1 is 0.698 bits per heavy atom. The van der Waals surface area contributed by atoms with E-state index >= 15 is 0 Å². The predicted octanol–water partition coefficient (Wildman–Crippen LogP) is 7.34. The van der Waals surface area contributed by atoms with Crippen molar-refractivity contribution in [3.8, 4) is 45.7 Å². The third kappa shape index (κ3) is 10.1. The van der Waals surface area contributed by atoms with Crippen LogP contribution in [0.3, 0.4) is 0 Å². The number of piperidine rings is 1. The SMILES string of the molecule is CC(=O)Nc1ccc2oc(-c3ccnc(C(=O)N4CCn5c(nc(-c6nnn(Cc7ccc(C(c8nnn(C)n8)N8CC9(CCN(C%10OC%10c%10cc(-c%11nc%12cc(NC(C)=O)ccc%12o%11)ccn%10)CC9)C8)cc7)n6)c5-c5ccccc5)C4)c3)nc2c1. The van der Waals surface area contributed by atoms with E-state index in [0.29, 0.717) is 93.7 Å². The lowest BCUT2D eigenvalue weighted by Gasteiger charge is -2.56. The number of ether oxygens (including phenoxy) is 1. The highest BCUT2D eigenvalue weighted by atomic mass is 16.6. The maximum absolute atomic E-state index is 14.2. The van der Waals surface area contributed by atoms with Gasteiger partial charge in [0.2, 0.25) is 29.4 Å². The molecule has 1 spiro atoms. The molecule has 86 heavy (non-hydrogen) atoms. The van der Waals surface area contributed by atoms with E-state index in [4.69, 9.17) is 33.7 Å². The molecule has 25 heteroatoms. The Kier molecular flexibility index (Phi) is 12.9. The Morgan fingerprint density at radius 3 is 2.06 bits per heavy atom. The number of nitrogens with one attached hydrogen (secondary N) is 2. The number of nitrogens with zero attached hydrogens (tertiary/aromatic N) is 17. The molecule has 3 saturated heterocycles. The molecule has 4 aliphatic heterocycles. The number of epoxide rings is 1. The third-order valence-corrected chi connectivity index (χ3v) is 16.4. The number of aromatic nitrogens is 14. The van der Waals surface area contributed by atoms with Crippen molar-refractivity contribution in [3.63, 3.8) is 0 Å². The number of hydrogen-bond donors (Lipinski definition) is 2. The summed E-state index contributed by atoms with van der Waals surface area (Å²) in [7, 11) is 1.79. The van der Waals surface area contributed by atoms with Crippen molar-refractivity contribution in [2.45, 2.75) is 64.7 Å². The minimum Gasteiger partial charge on any atom is -0.436 e. The van der Waals surface area contributed by atoms with Gasteiger partial charge >= 0.3 is 0 Å². The lowest BCUT2D eigenvalue weighted by atomic mass is 9.71. The highest BCUT2D eigenvalue weighted by molar-refractivity contribution is 5.94. The van der Waals surface area contributed by atoms with Gasteiger partial charge in [-0.05, 0) is 100 Å². The number of fused-ring (bicyclic) bond motifs is 3. The molecule has 2 N–H and O–H groups in total. The first kappa shape index (κ1) is 52.6. The number of imidazole rings is 1. The van der Waals surface area contributed by atoms with E-state index in [2.05, 4.69) is 84.8 Å². The molecular weight excluding hydrogens is 1090 g/mol. The van der Waals surface area contributed by atoms with E-state index in [-0.39, 0.29) is 53.7 Å². The smallest absolute Gasteiger partial charge is 0.272 e. The van der Waals surface area contributed by atoms with Crippen molar-refractivity contribution in [1.29, 1.82) is 0 Å². The maximum atomic E-state index is 14.2. The summed E-state index contributed by atoms with van der Waals surface area (Å²) in [6.07, 6.45) is 5.23. The van der Waals surface area contributed by atoms with Crippen molar-refractivity contribution < 1.29 is 28.0 Å². The number of hydrogen-bond acceptors (Lipinski definition) is 19. The van der Waals surface area contributed by atoms with E-state index in [1.807, 2.05) is 48.5 Å². The Bertz CT molecular complexity index is 4420. The second-order valence-corrected chi connectivity index (χ2v) is 22.4. The van der Waals surface area contributed by atoms with Gasteiger partial charge in [0.1, 0.15) is 40.6 Å². The van der Waals surface area contributed by atoms with E-state index in [1.54, 1.807) is 71.6 Å². The number of rotatable bonds is 14. The van der Waals surface area contributed by atoms with Gasteiger partial charge < -0.3 is 33.7 Å². The van der Waals surface area contributed by atoms with Crippen LogP contribution < -0.4 is 10.6 Å². The fourth-order valence-electron chi connectivity index (χ4n) is 12.3. The summed E-state index contributed by atoms with van der Waals surface area (Å²) < 4.78 is 20.6. The molecule has 3 fully saturated rings. The molecule has 7 aromatic heterocycles. The van der Waals surface area contributed by atoms with Crippen LogP contribution >= 0.6 is 0 Å². The molecule has 4 aromatic carbocycles. The molecule has 15 rings (SSSR count). The number of carbonyl (C=O) groups excluding carboxylic acids is 3. The fourth-order valence-corrected chi connectivity index (χ4v) is 12.3. The fraction of sp³-hybridized carbons (Fsp3) is 0.279. The van der Waals surface area contributed by atoms with Gasteiger partial charge in [-0.2, -0.15) is 9.59 Å². The number of amides is 3. The first-order valence-corrected chi connectivity index (χ1v) is 28.4. The summed E-state index contributed by atoms with van der Waals surface area (Å²) in [6.45, 7) is 8.04. The molecule has 3 amide bonds. The summed E-state index contributed by atoms with van der Waals surface area (Å²) >= 11 is 0. The molecule has 11 heterocycles. The zero-order valence-electron chi connectivity index (χ0n) is 47.0. The van der Waals surface area contributed by atoms with Crippen molar-refractivity contribution in [2.75, 3.05) is 43.4 Å². The van der Waals surface area contributed by atoms with Crippen LogP contribution in [-0.2, 0) is 41.0 Å². The van der Waals surface area contributed by atoms with Gasteiger partial charge in [0, 0.05) is 93.6 Å². The van der Waals surface area contributed by atoms with Crippen molar-refractivity contribution in [2.24, 2.45) is 12.5 Å². The minimum absolute atomic E-state index is 0.0435. The summed E-state index contributed by atoms with van der Waals surface area (Å²) in [5.74, 6) is 1.92. The molecule has 430 valence electrons. The van der Waals surface area contributed by atoms with Crippen LogP contribution in [0.25, 0.3) is 67.9 Å². The molecule has 25 nitrogen and oxygen atoms in total. The Labute approximate surface area is 490 Å². The summed E-state index contributed by atoms with van der Waals surface area (Å²) in [5, 5.41) is 32.9. The number of tetrazole rings is 2. The van der Waals surface area contributed by atoms with Gasteiger partial charge in [-0.15, -0.1) is 20.4 Å². The number of benzene rings is 4. The van der Waals surface area contributed by atoms with Crippen LogP contribution in [0, 0.1) is 5.41 Å². The third-order valence-electron chi connectivity index (χ3n) is 16.4. The summed E-state index contributed by atoms with van der Waals surface area (Å²) in [6, 6.07) is 36.2. The number of anilines is 2. The molecule has 0 saturated carbocycles. The Morgan fingerprint density at radius 2 is 1.38 bits per heavy atom. The summed E-state index contributed by atoms with van der Waals surface area (Å²) in [4.78, 5) is 70.7. The predicted molar refractivity (Wildman–Crippen MR) is 311 cm³/mol. The lowest BCUT2D eigenvalue weighted by Crippen LogP contribution is -2.61. The lowest BCUT2D eigenvalue weighted by molar-refractivity contribution is -0.115. The molecule has 0 bridgehead atoms. The maximum Gasteiger partial charge on any atom is 0.272 e. The van der Waals surface area contributed by atoms with Gasteiger partial charge in [0.15, 0.2) is 17.0 Å². The quantitative estimate of drug-likeness (QED) is 0.101. The molecule has 0 aliphatic carbocycles. The largest absolute Gasteiger partial charge is 0.436 e. The number of oxazole rings is 2. The van der Waals surface area contributed by atoms with Crippen LogP contribution in [-0.4, -0.2) is 141 Å².